The largest absolute Gasteiger partial charge is 0.507 e. The summed E-state index contributed by atoms with van der Waals surface area (Å²) in [5.41, 5.74) is 2.00. The zero-order valence-corrected chi connectivity index (χ0v) is 19.6. The highest BCUT2D eigenvalue weighted by molar-refractivity contribution is 6.46. The smallest absolute Gasteiger partial charge is 0.295 e. The van der Waals surface area contributed by atoms with Gasteiger partial charge in [-0.3, -0.25) is 9.59 Å². The zero-order chi connectivity index (χ0) is 24.2. The lowest BCUT2D eigenvalue weighted by atomic mass is 9.93. The molecule has 0 aliphatic carbocycles. The van der Waals surface area contributed by atoms with Crippen molar-refractivity contribution in [2.45, 2.75) is 25.3 Å². The molecule has 1 atom stereocenters. The molecule has 2 aromatic carbocycles. The first-order valence-corrected chi connectivity index (χ1v) is 11.3. The van der Waals surface area contributed by atoms with Gasteiger partial charge in [-0.05, 0) is 49.1 Å². The maximum Gasteiger partial charge on any atom is 0.295 e. The molecule has 0 saturated carbocycles. The number of methoxy groups -OCH3 is 3. The molecule has 2 heterocycles. The fraction of sp³-hybridized carbons (Fsp3) is 0.385. The molecule has 1 amide bonds. The van der Waals surface area contributed by atoms with Gasteiger partial charge in [0.25, 0.3) is 11.7 Å². The Balaban J connectivity index is 1.87. The zero-order valence-electron chi connectivity index (χ0n) is 19.6. The van der Waals surface area contributed by atoms with Crippen LogP contribution in [0.4, 0.5) is 0 Å². The summed E-state index contributed by atoms with van der Waals surface area (Å²) in [5, 5.41) is 11.4. The van der Waals surface area contributed by atoms with Gasteiger partial charge in [-0.1, -0.05) is 12.1 Å². The molecule has 1 fully saturated rings. The van der Waals surface area contributed by atoms with Crippen molar-refractivity contribution < 1.29 is 33.6 Å². The van der Waals surface area contributed by atoms with Gasteiger partial charge in [-0.2, -0.15) is 0 Å². The third-order valence-electron chi connectivity index (χ3n) is 6.20. The van der Waals surface area contributed by atoms with Crippen LogP contribution in [0, 0.1) is 0 Å². The van der Waals surface area contributed by atoms with Gasteiger partial charge >= 0.3 is 0 Å². The van der Waals surface area contributed by atoms with Crippen molar-refractivity contribution in [2.75, 3.05) is 41.1 Å². The number of rotatable bonds is 8. The van der Waals surface area contributed by atoms with E-state index >= 15 is 0 Å². The number of aliphatic hydroxyl groups is 1. The lowest BCUT2D eigenvalue weighted by Crippen LogP contribution is -2.31. The molecular formula is C26H29NO7. The highest BCUT2D eigenvalue weighted by Crippen LogP contribution is 2.45. The van der Waals surface area contributed by atoms with Crippen LogP contribution in [0.2, 0.25) is 0 Å². The van der Waals surface area contributed by atoms with Crippen LogP contribution < -0.4 is 14.2 Å². The van der Waals surface area contributed by atoms with Gasteiger partial charge in [0.1, 0.15) is 11.5 Å². The number of hydrogen-bond acceptors (Lipinski definition) is 7. The molecule has 8 nitrogen and oxygen atoms in total. The molecule has 1 saturated heterocycles. The van der Waals surface area contributed by atoms with Crippen molar-refractivity contribution in [1.82, 2.24) is 4.90 Å². The summed E-state index contributed by atoms with van der Waals surface area (Å²) in [7, 11) is 4.60. The first-order valence-electron chi connectivity index (χ1n) is 11.3. The van der Waals surface area contributed by atoms with E-state index in [-0.39, 0.29) is 17.9 Å². The van der Waals surface area contributed by atoms with Gasteiger partial charge < -0.3 is 29.0 Å². The van der Waals surface area contributed by atoms with Crippen molar-refractivity contribution in [2.24, 2.45) is 0 Å². The van der Waals surface area contributed by atoms with Crippen LogP contribution in [0.15, 0.2) is 42.0 Å². The average molecular weight is 468 g/mol. The summed E-state index contributed by atoms with van der Waals surface area (Å²) in [6.07, 6.45) is 2.22. The van der Waals surface area contributed by atoms with E-state index in [0.717, 1.165) is 24.2 Å². The van der Waals surface area contributed by atoms with Crippen molar-refractivity contribution in [3.05, 3.63) is 58.7 Å². The molecule has 1 N–H and O–H groups in total. The number of aliphatic hydroxyl groups excluding tert-OH is 1. The Morgan fingerprint density at radius 3 is 2.71 bits per heavy atom. The Morgan fingerprint density at radius 1 is 1.15 bits per heavy atom. The summed E-state index contributed by atoms with van der Waals surface area (Å²) in [6.45, 7) is 1.36. The number of benzene rings is 2. The number of likely N-dealkylation sites (tertiary alicyclic amines) is 1. The molecule has 4 rings (SSSR count). The Labute approximate surface area is 198 Å². The van der Waals surface area contributed by atoms with Crippen LogP contribution in [0.25, 0.3) is 5.76 Å². The van der Waals surface area contributed by atoms with E-state index in [2.05, 4.69) is 0 Å². The molecule has 0 bridgehead atoms. The third-order valence-corrected chi connectivity index (χ3v) is 6.20. The van der Waals surface area contributed by atoms with Crippen molar-refractivity contribution in [3.63, 3.8) is 0 Å². The lowest BCUT2D eigenvalue weighted by Gasteiger charge is -2.27. The van der Waals surface area contributed by atoms with E-state index in [0.29, 0.717) is 42.3 Å². The number of ether oxygens (including phenoxy) is 4. The Bertz CT molecular complexity index is 1120. The van der Waals surface area contributed by atoms with E-state index in [4.69, 9.17) is 18.9 Å². The first kappa shape index (κ1) is 23.6. The number of Topliss-reactive ketones (excluding diaryl/α,β-unsaturated/α-hetero) is 1. The molecule has 34 heavy (non-hydrogen) atoms. The monoisotopic (exact) mass is 467 g/mol. The minimum Gasteiger partial charge on any atom is -0.507 e. The van der Waals surface area contributed by atoms with Crippen LogP contribution in [-0.4, -0.2) is 62.8 Å². The summed E-state index contributed by atoms with van der Waals surface area (Å²) in [5.74, 6) is 0.00374. The first-order chi connectivity index (χ1) is 16.5. The van der Waals surface area contributed by atoms with Crippen molar-refractivity contribution >= 4 is 17.4 Å². The second kappa shape index (κ2) is 10.2. The number of ketones is 1. The van der Waals surface area contributed by atoms with Gasteiger partial charge in [0.15, 0.2) is 11.5 Å². The number of aryl methyl sites for hydroxylation is 1. The second-order valence-corrected chi connectivity index (χ2v) is 8.20. The SMILES string of the molecule is COCCCN1C(=O)C(=O)/C(=C(/O)c2ccc3c(c2)CCCO3)C1c1cccc(OC)c1OC. The topological polar surface area (TPSA) is 94.5 Å². The maximum absolute atomic E-state index is 13.3. The molecule has 1 unspecified atom stereocenters. The molecule has 180 valence electrons. The van der Waals surface area contributed by atoms with Crippen LogP contribution in [0.3, 0.4) is 0 Å². The molecule has 2 aromatic rings. The molecule has 0 aromatic heterocycles. The maximum atomic E-state index is 13.3. The summed E-state index contributed by atoms with van der Waals surface area (Å²) < 4.78 is 21.9. The third kappa shape index (κ3) is 4.21. The molecule has 0 spiro atoms. The Kier molecular flexibility index (Phi) is 7.07. The quantitative estimate of drug-likeness (QED) is 0.275. The number of fused-ring (bicyclic) bond motifs is 1. The highest BCUT2D eigenvalue weighted by Gasteiger charge is 2.47. The number of carbonyl (C=O) groups is 2. The number of amides is 1. The van der Waals surface area contributed by atoms with Crippen molar-refractivity contribution in [3.8, 4) is 17.2 Å². The van der Waals surface area contributed by atoms with Crippen LogP contribution in [0.1, 0.15) is 35.6 Å². The minimum absolute atomic E-state index is 0.0191. The number of nitrogens with zero attached hydrogens (tertiary/aromatic N) is 1. The molecule has 2 aliphatic heterocycles. The predicted molar refractivity (Wildman–Crippen MR) is 125 cm³/mol. The summed E-state index contributed by atoms with van der Waals surface area (Å²) in [4.78, 5) is 27.8. The minimum atomic E-state index is -0.839. The fourth-order valence-corrected chi connectivity index (χ4v) is 4.60. The molecule has 2 aliphatic rings. The van der Waals surface area contributed by atoms with Gasteiger partial charge in [-0.25, -0.2) is 0 Å². The lowest BCUT2D eigenvalue weighted by molar-refractivity contribution is -0.140. The summed E-state index contributed by atoms with van der Waals surface area (Å²) in [6, 6.07) is 9.76. The summed E-state index contributed by atoms with van der Waals surface area (Å²) >= 11 is 0. The Morgan fingerprint density at radius 2 is 1.97 bits per heavy atom. The van der Waals surface area contributed by atoms with Gasteiger partial charge in [-0.15, -0.1) is 0 Å². The second-order valence-electron chi connectivity index (χ2n) is 8.20. The number of carbonyl (C=O) groups excluding carboxylic acids is 2. The van der Waals surface area contributed by atoms with E-state index in [1.807, 2.05) is 6.07 Å². The number of para-hydroxylation sites is 1. The van der Waals surface area contributed by atoms with Gasteiger partial charge in [0.2, 0.25) is 0 Å². The number of hydrogen-bond donors (Lipinski definition) is 1. The van der Waals surface area contributed by atoms with Gasteiger partial charge in [0.05, 0.1) is 32.4 Å². The van der Waals surface area contributed by atoms with Gasteiger partial charge in [0, 0.05) is 31.4 Å². The highest BCUT2D eigenvalue weighted by atomic mass is 16.5. The van der Waals surface area contributed by atoms with Crippen LogP contribution in [-0.2, 0) is 20.7 Å². The van der Waals surface area contributed by atoms with E-state index in [9.17, 15) is 14.7 Å². The van der Waals surface area contributed by atoms with E-state index < -0.39 is 17.7 Å². The Hall–Kier alpha value is -3.52. The van der Waals surface area contributed by atoms with Crippen molar-refractivity contribution in [1.29, 1.82) is 0 Å². The normalized spacial score (nSPS) is 19.0. The molecular weight excluding hydrogens is 438 g/mol. The average Bonchev–Trinajstić information content (AvgIpc) is 3.12. The predicted octanol–water partition coefficient (Wildman–Crippen LogP) is 3.49. The van der Waals surface area contributed by atoms with Crippen LogP contribution in [0.5, 0.6) is 17.2 Å². The van der Waals surface area contributed by atoms with Crippen LogP contribution >= 0.6 is 0 Å². The fourth-order valence-electron chi connectivity index (χ4n) is 4.60. The standard InChI is InChI=1S/C26H29NO7/c1-31-13-6-12-27-22(18-8-4-9-20(32-2)25(18)33-3)21(24(29)26(27)30)23(28)17-10-11-19-16(15-17)7-5-14-34-19/h4,8-11,15,22,28H,5-7,12-14H2,1-3H3/b23-21+. The molecule has 8 heteroatoms. The van der Waals surface area contributed by atoms with E-state index in [1.54, 1.807) is 37.4 Å². The molecule has 0 radical (unpaired) electrons. The van der Waals surface area contributed by atoms with E-state index in [1.165, 1.54) is 19.1 Å².